The number of hydrogen-bond donors (Lipinski definition) is 0. The van der Waals surface area contributed by atoms with Crippen molar-refractivity contribution >= 4 is 49.3 Å². The minimum atomic E-state index is -0.795. The molecule has 0 aliphatic rings. The molecule has 0 aliphatic heterocycles. The summed E-state index contributed by atoms with van der Waals surface area (Å²) in [6.45, 7) is 7.80. The van der Waals surface area contributed by atoms with Crippen molar-refractivity contribution in [3.05, 3.63) is 126 Å². The summed E-state index contributed by atoms with van der Waals surface area (Å²) < 4.78 is 19.5. The molecule has 2 aromatic heterocycles. The Kier molecular flexibility index (Phi) is 4.42. The largest absolute Gasteiger partial charge is 0.317 e. The first kappa shape index (κ1) is 20.9. The van der Waals surface area contributed by atoms with Crippen molar-refractivity contribution in [2.24, 2.45) is 0 Å². The van der Waals surface area contributed by atoms with Crippen molar-refractivity contribution in [3.63, 3.8) is 0 Å². The Morgan fingerprint density at radius 3 is 1.84 bits per heavy atom. The van der Waals surface area contributed by atoms with E-state index in [2.05, 4.69) is 45.8 Å². The van der Waals surface area contributed by atoms with Gasteiger partial charge in [-0.1, -0.05) is 66.7 Å². The van der Waals surface area contributed by atoms with Gasteiger partial charge in [-0.25, -0.2) is 9.24 Å². The van der Waals surface area contributed by atoms with Gasteiger partial charge in [0.05, 0.1) is 39.9 Å². The molecule has 0 amide bonds. The van der Waals surface area contributed by atoms with Crippen LogP contribution in [-0.4, -0.2) is 9.13 Å². The second-order valence-electron chi connectivity index (χ2n) is 8.92. The molecule has 37 heavy (non-hydrogen) atoms. The summed E-state index contributed by atoms with van der Waals surface area (Å²) >= 11 is 0. The lowest BCUT2D eigenvalue weighted by Gasteiger charge is -2.14. The van der Waals surface area contributed by atoms with Gasteiger partial charge < -0.3 is 9.13 Å². The fourth-order valence-electron chi connectivity index (χ4n) is 5.52. The highest BCUT2D eigenvalue weighted by Gasteiger charge is 2.23. The molecule has 7 rings (SSSR count). The van der Waals surface area contributed by atoms with Crippen LogP contribution in [0.15, 0.2) is 103 Å². The summed E-state index contributed by atoms with van der Waals surface area (Å²) in [6, 6.07) is 35.6. The smallest absolute Gasteiger partial charge is 0.246 e. The van der Waals surface area contributed by atoms with Crippen molar-refractivity contribution in [1.82, 2.24) is 9.13 Å². The average Bonchev–Trinajstić information content (AvgIpc) is 3.46. The highest BCUT2D eigenvalue weighted by atomic mass is 19.1. The molecule has 0 atom stereocenters. The predicted octanol–water partition coefficient (Wildman–Crippen LogP) is 8.44. The fourth-order valence-corrected chi connectivity index (χ4v) is 5.52. The Hall–Kier alpha value is -5.39. The molecule has 172 valence electrons. The lowest BCUT2D eigenvalue weighted by atomic mass is 10.1. The molecule has 0 bridgehead atoms. The SMILES string of the molecule is [C-]#[N+]c1c(-n2c3ccccc3c3ccc4c5ccccc5n(-c5ccccc5)c4c32)ccc(C#N)c1F. The Balaban J connectivity index is 1.79. The topological polar surface area (TPSA) is 38.0 Å². The van der Waals surface area contributed by atoms with Gasteiger partial charge in [-0.05, 0) is 36.4 Å². The maximum absolute atomic E-state index is 15.3. The number of halogens is 1. The van der Waals surface area contributed by atoms with Crippen LogP contribution in [0, 0.1) is 23.7 Å². The summed E-state index contributed by atoms with van der Waals surface area (Å²) in [4.78, 5) is 3.55. The van der Waals surface area contributed by atoms with Crippen LogP contribution in [0.3, 0.4) is 0 Å². The van der Waals surface area contributed by atoms with Crippen LogP contribution < -0.4 is 0 Å². The number of fused-ring (bicyclic) bond motifs is 7. The maximum Gasteiger partial charge on any atom is 0.246 e. The molecule has 0 saturated heterocycles. The highest BCUT2D eigenvalue weighted by molar-refractivity contribution is 6.24. The van der Waals surface area contributed by atoms with E-state index in [1.165, 1.54) is 6.07 Å². The van der Waals surface area contributed by atoms with E-state index < -0.39 is 5.82 Å². The standard InChI is InChI=1S/C32H17FN4/c1-35-30-28(18-15-20(19-34)29(30)33)37-27-14-8-6-12-23(27)25-17-16-24-22-11-5-7-13-26(22)36(31(24)32(25)37)21-9-3-2-4-10-21/h2-18H. The number of aromatic nitrogens is 2. The monoisotopic (exact) mass is 476 g/mol. The van der Waals surface area contributed by atoms with E-state index in [1.54, 1.807) is 6.07 Å². The predicted molar refractivity (Wildman–Crippen MR) is 146 cm³/mol. The molecule has 2 heterocycles. The van der Waals surface area contributed by atoms with Gasteiger partial charge in [0.2, 0.25) is 5.69 Å². The van der Waals surface area contributed by atoms with Crippen molar-refractivity contribution in [1.29, 1.82) is 5.26 Å². The molecule has 0 spiro atoms. The molecule has 0 N–H and O–H groups in total. The number of nitrogens with zero attached hydrogens (tertiary/aromatic N) is 4. The Labute approximate surface area is 211 Å². The molecule has 5 heteroatoms. The molecule has 4 nitrogen and oxygen atoms in total. The van der Waals surface area contributed by atoms with Crippen LogP contribution in [-0.2, 0) is 0 Å². The number of para-hydroxylation sites is 3. The van der Waals surface area contributed by atoms with Crippen LogP contribution >= 0.6 is 0 Å². The number of rotatable bonds is 2. The third kappa shape index (κ3) is 2.80. The quantitative estimate of drug-likeness (QED) is 0.231. The van der Waals surface area contributed by atoms with E-state index in [-0.39, 0.29) is 11.3 Å². The van der Waals surface area contributed by atoms with Crippen LogP contribution in [0.2, 0.25) is 0 Å². The van der Waals surface area contributed by atoms with Gasteiger partial charge in [-0.2, -0.15) is 5.26 Å². The van der Waals surface area contributed by atoms with Gasteiger partial charge in [-0.15, -0.1) is 0 Å². The number of nitriles is 1. The Morgan fingerprint density at radius 2 is 1.22 bits per heavy atom. The van der Waals surface area contributed by atoms with Gasteiger partial charge in [0.15, 0.2) is 0 Å². The minimum absolute atomic E-state index is 0.140. The van der Waals surface area contributed by atoms with Crippen molar-refractivity contribution < 1.29 is 4.39 Å². The summed E-state index contributed by atoms with van der Waals surface area (Å²) in [5, 5.41) is 13.6. The van der Waals surface area contributed by atoms with E-state index in [0.29, 0.717) is 5.69 Å². The van der Waals surface area contributed by atoms with Gasteiger partial charge in [0.1, 0.15) is 11.9 Å². The van der Waals surface area contributed by atoms with E-state index in [1.807, 2.05) is 65.2 Å². The van der Waals surface area contributed by atoms with Crippen LogP contribution in [0.4, 0.5) is 10.1 Å². The lowest BCUT2D eigenvalue weighted by molar-refractivity contribution is 0.629. The molecular weight excluding hydrogens is 459 g/mol. The average molecular weight is 477 g/mol. The zero-order valence-electron chi connectivity index (χ0n) is 19.5. The maximum atomic E-state index is 15.3. The first-order valence-electron chi connectivity index (χ1n) is 11.8. The molecule has 0 aliphatic carbocycles. The summed E-state index contributed by atoms with van der Waals surface area (Å²) in [7, 11) is 0. The zero-order valence-corrected chi connectivity index (χ0v) is 19.5. The molecule has 0 fully saturated rings. The molecular formula is C32H17FN4. The third-order valence-electron chi connectivity index (χ3n) is 7.05. The van der Waals surface area contributed by atoms with Crippen LogP contribution in [0.25, 0.3) is 59.8 Å². The number of hydrogen-bond acceptors (Lipinski definition) is 1. The van der Waals surface area contributed by atoms with Crippen LogP contribution in [0.1, 0.15) is 5.56 Å². The number of benzene rings is 5. The zero-order chi connectivity index (χ0) is 25.1. The molecule has 0 radical (unpaired) electrons. The summed E-state index contributed by atoms with van der Waals surface area (Å²) in [5.41, 5.74) is 4.90. The molecule has 0 saturated carbocycles. The van der Waals surface area contributed by atoms with Gasteiger partial charge in [-0.3, -0.25) is 0 Å². The van der Waals surface area contributed by atoms with Gasteiger partial charge in [0, 0.05) is 27.2 Å². The van der Waals surface area contributed by atoms with E-state index in [4.69, 9.17) is 6.57 Å². The molecule has 7 aromatic rings. The van der Waals surface area contributed by atoms with E-state index >= 15 is 4.39 Å². The van der Waals surface area contributed by atoms with E-state index in [0.717, 1.165) is 49.3 Å². The lowest BCUT2D eigenvalue weighted by Crippen LogP contribution is -2.00. The van der Waals surface area contributed by atoms with Gasteiger partial charge in [0.25, 0.3) is 0 Å². The molecule has 0 unspecified atom stereocenters. The first-order valence-corrected chi connectivity index (χ1v) is 11.8. The minimum Gasteiger partial charge on any atom is -0.317 e. The summed E-state index contributed by atoms with van der Waals surface area (Å²) in [6.07, 6.45) is 0. The fraction of sp³-hybridized carbons (Fsp3) is 0. The summed E-state index contributed by atoms with van der Waals surface area (Å²) in [5.74, 6) is -0.795. The van der Waals surface area contributed by atoms with Crippen molar-refractivity contribution in [2.45, 2.75) is 0 Å². The second-order valence-corrected chi connectivity index (χ2v) is 8.92. The van der Waals surface area contributed by atoms with Gasteiger partial charge >= 0.3 is 0 Å². The van der Waals surface area contributed by atoms with Crippen molar-refractivity contribution in [2.75, 3.05) is 0 Å². The normalized spacial score (nSPS) is 11.3. The first-order chi connectivity index (χ1) is 18.2. The second kappa shape index (κ2) is 7.81. The van der Waals surface area contributed by atoms with Crippen molar-refractivity contribution in [3.8, 4) is 17.4 Å². The van der Waals surface area contributed by atoms with E-state index in [9.17, 15) is 5.26 Å². The highest BCUT2D eigenvalue weighted by Crippen LogP contribution is 2.43. The Bertz CT molecular complexity index is 2120. The Morgan fingerprint density at radius 1 is 0.649 bits per heavy atom. The van der Waals surface area contributed by atoms with Crippen LogP contribution in [0.5, 0.6) is 0 Å². The third-order valence-corrected chi connectivity index (χ3v) is 7.05. The molecule has 5 aromatic carbocycles.